The summed E-state index contributed by atoms with van der Waals surface area (Å²) in [7, 11) is 1.49. The summed E-state index contributed by atoms with van der Waals surface area (Å²) in [6.45, 7) is 3.50. The molecule has 3 rings (SSSR count). The summed E-state index contributed by atoms with van der Waals surface area (Å²) >= 11 is 6.05. The fourth-order valence-corrected chi connectivity index (χ4v) is 3.12. The van der Waals surface area contributed by atoms with E-state index in [0.29, 0.717) is 41.8 Å². The van der Waals surface area contributed by atoms with Crippen molar-refractivity contribution in [2.75, 3.05) is 44.0 Å². The number of para-hydroxylation sites is 1. The maximum absolute atomic E-state index is 12.6. The number of rotatable bonds is 5. The minimum absolute atomic E-state index is 0. The number of benzene rings is 2. The number of hydrogen-bond donors (Lipinski definition) is 2. The van der Waals surface area contributed by atoms with Crippen LogP contribution in [0.3, 0.4) is 0 Å². The number of nitrogen functional groups attached to an aromatic ring is 1. The largest absolute Gasteiger partial charge is 0.496 e. The van der Waals surface area contributed by atoms with E-state index in [1.165, 1.54) is 13.2 Å². The molecule has 0 bridgehead atoms. The fraction of sp³-hybridized carbons (Fsp3) is 0.316. The Morgan fingerprint density at radius 3 is 2.61 bits per heavy atom. The van der Waals surface area contributed by atoms with Gasteiger partial charge in [-0.3, -0.25) is 4.79 Å². The van der Waals surface area contributed by atoms with Crippen LogP contribution >= 0.6 is 36.4 Å². The van der Waals surface area contributed by atoms with Gasteiger partial charge in [0.05, 0.1) is 36.6 Å². The van der Waals surface area contributed by atoms with Crippen LogP contribution < -0.4 is 20.7 Å². The van der Waals surface area contributed by atoms with Crippen LogP contribution in [0.5, 0.6) is 5.75 Å². The number of methoxy groups -OCH3 is 1. The Bertz CT molecular complexity index is 799. The van der Waals surface area contributed by atoms with Gasteiger partial charge in [-0.15, -0.1) is 24.8 Å². The molecule has 2 aromatic carbocycles. The van der Waals surface area contributed by atoms with E-state index in [1.807, 2.05) is 18.2 Å². The van der Waals surface area contributed by atoms with Gasteiger partial charge in [-0.2, -0.15) is 0 Å². The zero-order valence-electron chi connectivity index (χ0n) is 15.4. The van der Waals surface area contributed by atoms with Gasteiger partial charge in [0, 0.05) is 31.4 Å². The Hall–Kier alpha value is -1.86. The number of amides is 1. The highest BCUT2D eigenvalue weighted by molar-refractivity contribution is 6.33. The van der Waals surface area contributed by atoms with Crippen LogP contribution in [0, 0.1) is 0 Å². The molecule has 154 valence electrons. The topological polar surface area (TPSA) is 76.8 Å². The van der Waals surface area contributed by atoms with Gasteiger partial charge in [0.15, 0.2) is 0 Å². The summed E-state index contributed by atoms with van der Waals surface area (Å²) < 4.78 is 10.7. The van der Waals surface area contributed by atoms with Crippen LogP contribution in [0.25, 0.3) is 0 Å². The average molecular weight is 449 g/mol. The zero-order chi connectivity index (χ0) is 18.5. The minimum atomic E-state index is -0.263. The molecule has 1 saturated heterocycles. The summed E-state index contributed by atoms with van der Waals surface area (Å²) in [5.41, 5.74) is 8.66. The first kappa shape index (κ1) is 24.2. The van der Waals surface area contributed by atoms with E-state index in [1.54, 1.807) is 6.07 Å². The quantitative estimate of drug-likeness (QED) is 0.684. The SMILES string of the molecule is COc1cc(N)c(Cl)cc1C(=O)NCc1ccccc1N1CCOCC1.Cl.Cl. The minimum Gasteiger partial charge on any atom is -0.496 e. The summed E-state index contributed by atoms with van der Waals surface area (Å²) in [6, 6.07) is 11.1. The molecular formula is C19H24Cl3N3O3. The van der Waals surface area contributed by atoms with Gasteiger partial charge >= 0.3 is 0 Å². The maximum Gasteiger partial charge on any atom is 0.255 e. The highest BCUT2D eigenvalue weighted by Gasteiger charge is 2.17. The Morgan fingerprint density at radius 2 is 1.93 bits per heavy atom. The predicted molar refractivity (Wildman–Crippen MR) is 118 cm³/mol. The molecule has 28 heavy (non-hydrogen) atoms. The number of morpholine rings is 1. The molecule has 0 radical (unpaired) electrons. The standard InChI is InChI=1S/C19H22ClN3O3.2ClH/c1-25-18-11-16(21)15(20)10-14(18)19(24)22-12-13-4-2-3-5-17(13)23-6-8-26-9-7-23;;/h2-5,10-11H,6-9,12,21H2,1H3,(H,22,24);2*1H. The number of hydrogen-bond acceptors (Lipinski definition) is 5. The highest BCUT2D eigenvalue weighted by atomic mass is 35.5. The molecule has 1 amide bonds. The van der Waals surface area contributed by atoms with E-state index >= 15 is 0 Å². The first-order valence-electron chi connectivity index (χ1n) is 8.42. The second kappa shape index (κ2) is 11.2. The van der Waals surface area contributed by atoms with Gasteiger partial charge in [-0.25, -0.2) is 0 Å². The Kier molecular flexibility index (Phi) is 9.69. The average Bonchev–Trinajstić information content (AvgIpc) is 2.68. The van der Waals surface area contributed by atoms with E-state index in [0.717, 1.165) is 24.3 Å². The smallest absolute Gasteiger partial charge is 0.255 e. The van der Waals surface area contributed by atoms with Gasteiger partial charge in [0.25, 0.3) is 5.91 Å². The van der Waals surface area contributed by atoms with Crippen LogP contribution in [-0.2, 0) is 11.3 Å². The number of carbonyl (C=O) groups is 1. The first-order chi connectivity index (χ1) is 12.6. The van der Waals surface area contributed by atoms with Gasteiger partial charge in [0.2, 0.25) is 0 Å². The third kappa shape index (κ3) is 5.58. The molecule has 9 heteroatoms. The lowest BCUT2D eigenvalue weighted by molar-refractivity contribution is 0.0947. The molecule has 0 spiro atoms. The number of nitrogens with zero attached hydrogens (tertiary/aromatic N) is 1. The van der Waals surface area contributed by atoms with Gasteiger partial charge < -0.3 is 25.4 Å². The van der Waals surface area contributed by atoms with E-state index in [2.05, 4.69) is 16.3 Å². The van der Waals surface area contributed by atoms with Crippen molar-refractivity contribution in [2.24, 2.45) is 0 Å². The lowest BCUT2D eigenvalue weighted by atomic mass is 10.1. The number of carbonyl (C=O) groups excluding carboxylic acids is 1. The number of anilines is 2. The Labute approximate surface area is 182 Å². The summed E-state index contributed by atoms with van der Waals surface area (Å²) in [5.74, 6) is 0.131. The van der Waals surface area contributed by atoms with Gasteiger partial charge in [-0.05, 0) is 17.7 Å². The van der Waals surface area contributed by atoms with Crippen molar-refractivity contribution in [2.45, 2.75) is 6.54 Å². The van der Waals surface area contributed by atoms with Crippen molar-refractivity contribution < 1.29 is 14.3 Å². The summed E-state index contributed by atoms with van der Waals surface area (Å²) in [6.07, 6.45) is 0. The van der Waals surface area contributed by atoms with Crippen molar-refractivity contribution in [3.8, 4) is 5.75 Å². The molecule has 0 saturated carbocycles. The van der Waals surface area contributed by atoms with Gasteiger partial charge in [-0.1, -0.05) is 29.8 Å². The van der Waals surface area contributed by atoms with E-state index in [4.69, 9.17) is 26.8 Å². The second-order valence-electron chi connectivity index (χ2n) is 5.98. The normalized spacial score (nSPS) is 13.1. The maximum atomic E-state index is 12.6. The molecule has 1 fully saturated rings. The predicted octanol–water partition coefficient (Wildman–Crippen LogP) is 3.54. The summed E-state index contributed by atoms with van der Waals surface area (Å²) in [5, 5.41) is 3.26. The Balaban J connectivity index is 0.00000196. The van der Waals surface area contributed by atoms with Crippen molar-refractivity contribution in [1.29, 1.82) is 0 Å². The van der Waals surface area contributed by atoms with Crippen LogP contribution in [-0.4, -0.2) is 39.3 Å². The second-order valence-corrected chi connectivity index (χ2v) is 6.39. The molecule has 2 aromatic rings. The molecule has 6 nitrogen and oxygen atoms in total. The molecule has 0 aliphatic carbocycles. The number of nitrogens with one attached hydrogen (secondary N) is 1. The molecular weight excluding hydrogens is 425 g/mol. The third-order valence-corrected chi connectivity index (χ3v) is 4.67. The zero-order valence-corrected chi connectivity index (χ0v) is 17.8. The molecule has 1 aliphatic heterocycles. The van der Waals surface area contributed by atoms with Crippen LogP contribution in [0.1, 0.15) is 15.9 Å². The number of ether oxygens (including phenoxy) is 2. The van der Waals surface area contributed by atoms with Crippen molar-refractivity contribution >= 4 is 53.7 Å². The lowest BCUT2D eigenvalue weighted by Gasteiger charge is -2.30. The van der Waals surface area contributed by atoms with Crippen LogP contribution in [0.4, 0.5) is 11.4 Å². The monoisotopic (exact) mass is 447 g/mol. The third-order valence-electron chi connectivity index (χ3n) is 4.35. The number of halogens is 3. The molecule has 3 N–H and O–H groups in total. The molecule has 0 unspecified atom stereocenters. The van der Waals surface area contributed by atoms with Crippen molar-refractivity contribution in [3.63, 3.8) is 0 Å². The van der Waals surface area contributed by atoms with Crippen LogP contribution in [0.2, 0.25) is 5.02 Å². The summed E-state index contributed by atoms with van der Waals surface area (Å²) in [4.78, 5) is 14.9. The highest BCUT2D eigenvalue weighted by Crippen LogP contribution is 2.29. The van der Waals surface area contributed by atoms with E-state index < -0.39 is 0 Å². The number of nitrogens with two attached hydrogens (primary N) is 1. The van der Waals surface area contributed by atoms with E-state index in [-0.39, 0.29) is 30.7 Å². The molecule has 0 aromatic heterocycles. The van der Waals surface area contributed by atoms with Gasteiger partial charge in [0.1, 0.15) is 5.75 Å². The van der Waals surface area contributed by atoms with Crippen LogP contribution in [0.15, 0.2) is 36.4 Å². The molecule has 0 atom stereocenters. The molecule has 1 aliphatic rings. The van der Waals surface area contributed by atoms with Crippen molar-refractivity contribution in [1.82, 2.24) is 5.32 Å². The molecule has 1 heterocycles. The van der Waals surface area contributed by atoms with E-state index in [9.17, 15) is 4.79 Å². The van der Waals surface area contributed by atoms with Crippen molar-refractivity contribution in [3.05, 3.63) is 52.5 Å². The first-order valence-corrected chi connectivity index (χ1v) is 8.79. The fourth-order valence-electron chi connectivity index (χ4n) is 2.96. The Morgan fingerprint density at radius 1 is 1.25 bits per heavy atom. The lowest BCUT2D eigenvalue weighted by Crippen LogP contribution is -2.37.